The average molecular weight is 380 g/mol. The second-order valence-electron chi connectivity index (χ2n) is 5.20. The highest BCUT2D eigenvalue weighted by atomic mass is 79.9. The van der Waals surface area contributed by atoms with Crippen LogP contribution < -0.4 is 0 Å². The van der Waals surface area contributed by atoms with Gasteiger partial charge < -0.3 is 4.43 Å². The van der Waals surface area contributed by atoms with Gasteiger partial charge in [0.05, 0.1) is 10.00 Å². The van der Waals surface area contributed by atoms with Gasteiger partial charge in [0.25, 0.3) is 0 Å². The minimum absolute atomic E-state index is 0.260. The van der Waals surface area contributed by atoms with Gasteiger partial charge in [0, 0.05) is 6.08 Å². The van der Waals surface area contributed by atoms with Crippen molar-refractivity contribution in [3.05, 3.63) is 21.6 Å². The summed E-state index contributed by atoms with van der Waals surface area (Å²) in [6.07, 6.45) is 5.54. The predicted octanol–water partition coefficient (Wildman–Crippen LogP) is 5.20. The molecule has 96 valence electrons. The molecular weight excluding hydrogens is 360 g/mol. The summed E-state index contributed by atoms with van der Waals surface area (Å²) in [6.45, 7) is 11.8. The smallest absolute Gasteiger partial charge is 0.192 e. The van der Waals surface area contributed by atoms with Crippen LogP contribution in [0, 0.1) is 11.8 Å². The van der Waals surface area contributed by atoms with E-state index in [1.807, 2.05) is 12.2 Å². The minimum Gasteiger partial charge on any atom is -0.413 e. The van der Waals surface area contributed by atoms with Crippen LogP contribution >= 0.6 is 31.9 Å². The molecule has 0 bridgehead atoms. The van der Waals surface area contributed by atoms with Gasteiger partial charge in [0.2, 0.25) is 0 Å². The lowest BCUT2D eigenvalue weighted by atomic mass is 10.2. The van der Waals surface area contributed by atoms with E-state index in [1.54, 1.807) is 6.08 Å². The molecule has 0 aliphatic carbocycles. The lowest BCUT2D eigenvalue weighted by Crippen LogP contribution is -2.40. The van der Waals surface area contributed by atoms with Crippen LogP contribution in [0.4, 0.5) is 0 Å². The molecule has 0 radical (unpaired) electrons. The molecule has 0 atom stereocenters. The largest absolute Gasteiger partial charge is 0.413 e. The van der Waals surface area contributed by atoms with E-state index in [0.29, 0.717) is 6.61 Å². The highest BCUT2D eigenvalue weighted by molar-refractivity contribution is 9.28. The van der Waals surface area contributed by atoms with Crippen LogP contribution in [-0.2, 0) is 4.43 Å². The number of hydrogen-bond donors (Lipinski definition) is 0. The zero-order valence-corrected chi connectivity index (χ0v) is 15.3. The molecule has 0 aromatic heterocycles. The molecule has 0 saturated carbocycles. The molecule has 0 heterocycles. The Labute approximate surface area is 123 Å². The normalized spacial score (nSPS) is 12.2. The van der Waals surface area contributed by atoms with Gasteiger partial charge in [0.15, 0.2) is 8.32 Å². The van der Waals surface area contributed by atoms with Crippen LogP contribution in [0.1, 0.15) is 20.8 Å². The molecule has 0 rings (SSSR count). The summed E-state index contributed by atoms with van der Waals surface area (Å²) in [7, 11) is -1.62. The van der Waals surface area contributed by atoms with Gasteiger partial charge in [0.1, 0.15) is 0 Å². The summed E-state index contributed by atoms with van der Waals surface area (Å²) in [5.41, 5.74) is 0. The molecule has 0 saturated heterocycles. The predicted molar refractivity (Wildman–Crippen MR) is 86.0 cm³/mol. The summed E-state index contributed by atoms with van der Waals surface area (Å²) in [6, 6.07) is 0. The first-order valence-corrected chi connectivity index (χ1v) is 9.97. The van der Waals surface area contributed by atoms with Gasteiger partial charge in [-0.15, -0.1) is 0 Å². The monoisotopic (exact) mass is 378 g/mol. The molecule has 0 amide bonds. The highest BCUT2D eigenvalue weighted by Crippen LogP contribution is 2.36. The molecule has 0 fully saturated rings. The third-order valence-corrected chi connectivity index (χ3v) is 7.77. The van der Waals surface area contributed by atoms with E-state index in [9.17, 15) is 0 Å². The lowest BCUT2D eigenvalue weighted by Gasteiger charge is -2.35. The molecule has 0 aromatic carbocycles. The Bertz CT molecular complexity index is 350. The van der Waals surface area contributed by atoms with Crippen molar-refractivity contribution in [1.29, 1.82) is 0 Å². The Hall–Kier alpha value is 0.177. The van der Waals surface area contributed by atoms with Gasteiger partial charge in [-0.3, -0.25) is 0 Å². The number of hydrogen-bond acceptors (Lipinski definition) is 1. The Balaban J connectivity index is 4.12. The van der Waals surface area contributed by atoms with E-state index in [0.717, 1.165) is 3.39 Å². The van der Waals surface area contributed by atoms with Gasteiger partial charge in [-0.25, -0.2) is 0 Å². The van der Waals surface area contributed by atoms with Gasteiger partial charge in [-0.1, -0.05) is 38.7 Å². The molecule has 17 heavy (non-hydrogen) atoms. The fourth-order valence-corrected chi connectivity index (χ4v) is 1.90. The SMILES string of the molecule is CC(C)(C)[Si](C)(C)OC/C=C/C#CC=C(Br)Br. The number of allylic oxidation sites excluding steroid dienone is 2. The maximum atomic E-state index is 5.97. The highest BCUT2D eigenvalue weighted by Gasteiger charge is 2.36. The van der Waals surface area contributed by atoms with Crippen molar-refractivity contribution in [3.63, 3.8) is 0 Å². The van der Waals surface area contributed by atoms with Crippen molar-refractivity contribution >= 4 is 40.2 Å². The van der Waals surface area contributed by atoms with Crippen LogP contribution in [-0.4, -0.2) is 14.9 Å². The number of halogens is 2. The van der Waals surface area contributed by atoms with Crippen LogP contribution in [0.3, 0.4) is 0 Å². The van der Waals surface area contributed by atoms with E-state index in [2.05, 4.69) is 77.6 Å². The van der Waals surface area contributed by atoms with Gasteiger partial charge in [-0.05, 0) is 56.1 Å². The zero-order valence-electron chi connectivity index (χ0n) is 11.1. The van der Waals surface area contributed by atoms with Crippen molar-refractivity contribution in [1.82, 2.24) is 0 Å². The summed E-state index contributed by atoms with van der Waals surface area (Å²) >= 11 is 6.47. The molecule has 4 heteroatoms. The molecule has 0 unspecified atom stereocenters. The lowest BCUT2D eigenvalue weighted by molar-refractivity contribution is 0.328. The first-order chi connectivity index (χ1) is 7.67. The van der Waals surface area contributed by atoms with Crippen molar-refractivity contribution in [2.24, 2.45) is 0 Å². The molecule has 0 aliphatic rings. The maximum Gasteiger partial charge on any atom is 0.192 e. The van der Waals surface area contributed by atoms with Crippen molar-refractivity contribution in [2.45, 2.75) is 38.9 Å². The summed E-state index contributed by atoms with van der Waals surface area (Å²) < 4.78 is 6.82. The van der Waals surface area contributed by atoms with Gasteiger partial charge in [-0.2, -0.15) is 0 Å². The fraction of sp³-hybridized carbons (Fsp3) is 0.538. The fourth-order valence-electron chi connectivity index (χ4n) is 0.724. The molecule has 0 spiro atoms. The Morgan fingerprint density at radius 3 is 2.29 bits per heavy atom. The van der Waals surface area contributed by atoms with Gasteiger partial charge >= 0.3 is 0 Å². The Morgan fingerprint density at radius 1 is 1.24 bits per heavy atom. The van der Waals surface area contributed by atoms with Crippen molar-refractivity contribution in [3.8, 4) is 11.8 Å². The molecule has 0 aliphatic heterocycles. The quantitative estimate of drug-likeness (QED) is 0.483. The van der Waals surface area contributed by atoms with Crippen LogP contribution in [0.2, 0.25) is 18.1 Å². The summed E-state index contributed by atoms with van der Waals surface area (Å²) in [5, 5.41) is 0.260. The van der Waals surface area contributed by atoms with E-state index < -0.39 is 8.32 Å². The average Bonchev–Trinajstić information content (AvgIpc) is 2.13. The zero-order chi connectivity index (χ0) is 13.5. The van der Waals surface area contributed by atoms with Crippen molar-refractivity contribution < 1.29 is 4.43 Å². The third kappa shape index (κ3) is 7.99. The molecule has 1 nitrogen and oxygen atoms in total. The second-order valence-corrected chi connectivity index (χ2v) is 12.8. The standard InChI is InChI=1S/C13H20Br2OSi/c1-13(2,3)17(4,5)16-11-9-7-6-8-10-12(14)15/h7,9-10H,11H2,1-5H3/b9-7+. The van der Waals surface area contributed by atoms with Crippen molar-refractivity contribution in [2.75, 3.05) is 6.61 Å². The van der Waals surface area contributed by atoms with E-state index in [1.165, 1.54) is 0 Å². The topological polar surface area (TPSA) is 9.23 Å². The summed E-state index contributed by atoms with van der Waals surface area (Å²) in [5.74, 6) is 5.79. The molecular formula is C13H20Br2OSi. The second kappa shape index (κ2) is 7.58. The third-order valence-electron chi connectivity index (χ3n) is 2.81. The maximum absolute atomic E-state index is 5.97. The Morgan fingerprint density at radius 2 is 1.82 bits per heavy atom. The minimum atomic E-state index is -1.62. The summed E-state index contributed by atoms with van der Waals surface area (Å²) in [4.78, 5) is 0. The Kier molecular flexibility index (Phi) is 7.66. The van der Waals surface area contributed by atoms with E-state index in [-0.39, 0.29) is 5.04 Å². The first kappa shape index (κ1) is 17.2. The molecule has 0 N–H and O–H groups in total. The first-order valence-electron chi connectivity index (χ1n) is 5.48. The van der Waals surface area contributed by atoms with E-state index >= 15 is 0 Å². The van der Waals surface area contributed by atoms with Crippen LogP contribution in [0.25, 0.3) is 0 Å². The van der Waals surface area contributed by atoms with Crippen LogP contribution in [0.5, 0.6) is 0 Å². The van der Waals surface area contributed by atoms with Crippen LogP contribution in [0.15, 0.2) is 21.6 Å². The number of rotatable bonds is 3. The van der Waals surface area contributed by atoms with E-state index in [4.69, 9.17) is 4.43 Å². The molecule has 0 aromatic rings.